The maximum absolute atomic E-state index is 13.4. The highest BCUT2D eigenvalue weighted by atomic mass is 35.5. The van der Waals surface area contributed by atoms with Crippen LogP contribution in [0.2, 0.25) is 10.0 Å². The van der Waals surface area contributed by atoms with E-state index in [-0.39, 0.29) is 5.25 Å². The second kappa shape index (κ2) is 7.85. The van der Waals surface area contributed by atoms with Crippen LogP contribution < -0.4 is 4.74 Å². The number of H-pyrrole nitrogens is 1. The van der Waals surface area contributed by atoms with Gasteiger partial charge < -0.3 is 9.72 Å². The zero-order valence-electron chi connectivity index (χ0n) is 15.3. The topological polar surface area (TPSA) is 67.9 Å². The minimum atomic E-state index is -1.39. The van der Waals surface area contributed by atoms with Gasteiger partial charge in [-0.2, -0.15) is 0 Å². The molecule has 0 saturated carbocycles. The van der Waals surface area contributed by atoms with Crippen LogP contribution in [0.15, 0.2) is 36.1 Å². The first-order chi connectivity index (χ1) is 13.5. The highest BCUT2D eigenvalue weighted by molar-refractivity contribution is 7.85. The van der Waals surface area contributed by atoms with Gasteiger partial charge in [0, 0.05) is 17.3 Å². The summed E-state index contributed by atoms with van der Waals surface area (Å²) in [6, 6.07) is 3.37. The number of fused-ring (bicyclic) bond motifs is 2. The molecular formula is C20H19Cl2N3O2S. The number of nitrogens with zero attached hydrogens (tertiary/aromatic N) is 2. The molecule has 2 aromatic heterocycles. The lowest BCUT2D eigenvalue weighted by atomic mass is 9.93. The van der Waals surface area contributed by atoms with Crippen LogP contribution in [0.25, 0.3) is 11.0 Å². The number of imidazole rings is 1. The van der Waals surface area contributed by atoms with Gasteiger partial charge in [0.05, 0.1) is 42.8 Å². The maximum Gasteiger partial charge on any atom is 0.198 e. The number of rotatable bonds is 5. The fourth-order valence-corrected chi connectivity index (χ4v) is 5.32. The molecule has 1 aliphatic rings. The van der Waals surface area contributed by atoms with Gasteiger partial charge in [-0.1, -0.05) is 35.9 Å². The molecule has 1 aliphatic carbocycles. The highest BCUT2D eigenvalue weighted by Gasteiger charge is 2.32. The van der Waals surface area contributed by atoms with Crippen molar-refractivity contribution in [2.45, 2.75) is 36.6 Å². The van der Waals surface area contributed by atoms with E-state index in [2.05, 4.69) is 21.5 Å². The van der Waals surface area contributed by atoms with Gasteiger partial charge in [0.2, 0.25) is 0 Å². The Morgan fingerprint density at radius 3 is 2.96 bits per heavy atom. The van der Waals surface area contributed by atoms with Gasteiger partial charge >= 0.3 is 0 Å². The molecule has 146 valence electrons. The van der Waals surface area contributed by atoms with E-state index in [0.717, 1.165) is 41.8 Å². The molecule has 0 radical (unpaired) electrons. The van der Waals surface area contributed by atoms with E-state index in [4.69, 9.17) is 27.9 Å². The van der Waals surface area contributed by atoms with Crippen LogP contribution in [0.5, 0.6) is 5.75 Å². The SMILES string of the molecule is C=CCOc1c(C)cnc2c1CCCC2S(=O)c1nc2cc(Cl)c(Cl)cc2[nH]1. The summed E-state index contributed by atoms with van der Waals surface area (Å²) in [6.07, 6.45) is 6.04. The molecule has 2 unspecified atom stereocenters. The van der Waals surface area contributed by atoms with Crippen LogP contribution in [0, 0.1) is 6.92 Å². The van der Waals surface area contributed by atoms with E-state index >= 15 is 0 Å². The molecular weight excluding hydrogens is 417 g/mol. The Bertz CT molecular complexity index is 1060. The van der Waals surface area contributed by atoms with Crippen LogP contribution in [-0.4, -0.2) is 25.8 Å². The summed E-state index contributed by atoms with van der Waals surface area (Å²) in [7, 11) is -1.39. The second-order valence-corrected chi connectivity index (χ2v) is 9.10. The molecule has 0 spiro atoms. The number of aromatic amines is 1. The van der Waals surface area contributed by atoms with Crippen LogP contribution in [0.4, 0.5) is 0 Å². The van der Waals surface area contributed by atoms with Crippen LogP contribution >= 0.6 is 23.2 Å². The standard InChI is InChI=1S/C20H19Cl2N3O2S/c1-3-7-27-19-11(2)10-23-18-12(19)5-4-6-17(18)28(26)20-24-15-8-13(21)14(22)9-16(15)25-20/h3,8-10,17H,1,4-7H2,2H3,(H,24,25). The lowest BCUT2D eigenvalue weighted by Gasteiger charge is -2.25. The number of pyridine rings is 1. The minimum Gasteiger partial charge on any atom is -0.489 e. The van der Waals surface area contributed by atoms with Crippen molar-refractivity contribution in [2.75, 3.05) is 6.61 Å². The zero-order valence-corrected chi connectivity index (χ0v) is 17.6. The lowest BCUT2D eigenvalue weighted by Crippen LogP contribution is -2.19. The summed E-state index contributed by atoms with van der Waals surface area (Å²) in [4.78, 5) is 12.2. The fraction of sp³-hybridized carbons (Fsp3) is 0.300. The molecule has 5 nitrogen and oxygen atoms in total. The van der Waals surface area contributed by atoms with E-state index in [0.29, 0.717) is 32.8 Å². The average molecular weight is 436 g/mol. The lowest BCUT2D eigenvalue weighted by molar-refractivity contribution is 0.353. The van der Waals surface area contributed by atoms with Gasteiger partial charge in [0.25, 0.3) is 0 Å². The number of hydrogen-bond acceptors (Lipinski definition) is 4. The summed E-state index contributed by atoms with van der Waals surface area (Å²) in [5, 5.41) is 1.01. The van der Waals surface area contributed by atoms with Gasteiger partial charge in [-0.3, -0.25) is 9.19 Å². The summed E-state index contributed by atoms with van der Waals surface area (Å²) >= 11 is 12.2. The van der Waals surface area contributed by atoms with E-state index < -0.39 is 10.8 Å². The first-order valence-corrected chi connectivity index (χ1v) is 10.9. The molecule has 3 aromatic rings. The van der Waals surface area contributed by atoms with Crippen LogP contribution in [-0.2, 0) is 17.2 Å². The van der Waals surface area contributed by atoms with Gasteiger partial charge in [-0.05, 0) is 38.3 Å². The summed E-state index contributed by atoms with van der Waals surface area (Å²) in [5.74, 6) is 0.828. The predicted molar refractivity (Wildman–Crippen MR) is 113 cm³/mol. The van der Waals surface area contributed by atoms with E-state index in [9.17, 15) is 4.21 Å². The average Bonchev–Trinajstić information content (AvgIpc) is 3.09. The van der Waals surface area contributed by atoms with Crippen molar-refractivity contribution < 1.29 is 8.95 Å². The fourth-order valence-electron chi connectivity index (χ4n) is 3.54. The van der Waals surface area contributed by atoms with Crippen LogP contribution in [0.3, 0.4) is 0 Å². The van der Waals surface area contributed by atoms with Gasteiger partial charge in [0.15, 0.2) is 5.16 Å². The Morgan fingerprint density at radius 1 is 1.39 bits per heavy atom. The Kier molecular flexibility index (Phi) is 5.45. The number of nitrogens with one attached hydrogen (secondary N) is 1. The minimum absolute atomic E-state index is 0.248. The van der Waals surface area contributed by atoms with Gasteiger partial charge in [-0.25, -0.2) is 4.98 Å². The first kappa shape index (κ1) is 19.4. The summed E-state index contributed by atoms with van der Waals surface area (Å²) in [6.45, 7) is 6.11. The number of aromatic nitrogens is 3. The predicted octanol–water partition coefficient (Wildman–Crippen LogP) is 5.32. The summed E-state index contributed by atoms with van der Waals surface area (Å²) in [5.41, 5.74) is 4.18. The number of aryl methyl sites for hydroxylation is 1. The molecule has 1 N–H and O–H groups in total. The molecule has 1 aromatic carbocycles. The third-order valence-corrected chi connectivity index (χ3v) is 7.11. The van der Waals surface area contributed by atoms with E-state index in [1.807, 2.05) is 6.92 Å². The smallest absolute Gasteiger partial charge is 0.198 e. The molecule has 0 amide bonds. The second-order valence-electron chi connectivity index (χ2n) is 6.74. The molecule has 0 saturated heterocycles. The third kappa shape index (κ3) is 3.45. The van der Waals surface area contributed by atoms with E-state index in [1.54, 1.807) is 24.4 Å². The molecule has 0 fully saturated rings. The zero-order chi connectivity index (χ0) is 19.8. The summed E-state index contributed by atoms with van der Waals surface area (Å²) < 4.78 is 19.2. The van der Waals surface area contributed by atoms with Gasteiger partial charge in [-0.15, -0.1) is 0 Å². The molecule has 4 rings (SSSR count). The molecule has 8 heteroatoms. The largest absolute Gasteiger partial charge is 0.489 e. The molecule has 0 aliphatic heterocycles. The highest BCUT2D eigenvalue weighted by Crippen LogP contribution is 2.40. The van der Waals surface area contributed by atoms with Crippen molar-refractivity contribution in [1.82, 2.24) is 15.0 Å². The number of benzene rings is 1. The molecule has 28 heavy (non-hydrogen) atoms. The Hall–Kier alpha value is -1.89. The normalized spacial score (nSPS) is 17.3. The monoisotopic (exact) mass is 435 g/mol. The first-order valence-electron chi connectivity index (χ1n) is 8.97. The number of hydrogen-bond donors (Lipinski definition) is 1. The van der Waals surface area contributed by atoms with Gasteiger partial charge in [0.1, 0.15) is 12.4 Å². The number of ether oxygens (including phenoxy) is 1. The van der Waals surface area contributed by atoms with Crippen molar-refractivity contribution in [3.05, 3.63) is 57.9 Å². The Balaban J connectivity index is 1.73. The van der Waals surface area contributed by atoms with Crippen molar-refractivity contribution in [3.8, 4) is 5.75 Å². The van der Waals surface area contributed by atoms with Crippen molar-refractivity contribution in [2.24, 2.45) is 0 Å². The molecule has 2 atom stereocenters. The number of halogens is 2. The van der Waals surface area contributed by atoms with Crippen molar-refractivity contribution in [1.29, 1.82) is 0 Å². The molecule has 2 heterocycles. The Morgan fingerprint density at radius 2 is 2.18 bits per heavy atom. The van der Waals surface area contributed by atoms with E-state index in [1.165, 1.54) is 0 Å². The Labute approximate surface area is 175 Å². The van der Waals surface area contributed by atoms with Crippen molar-refractivity contribution in [3.63, 3.8) is 0 Å². The third-order valence-electron chi connectivity index (χ3n) is 4.83. The quantitative estimate of drug-likeness (QED) is 0.550. The molecule has 0 bridgehead atoms. The van der Waals surface area contributed by atoms with Crippen molar-refractivity contribution >= 4 is 45.0 Å². The maximum atomic E-state index is 13.4. The van der Waals surface area contributed by atoms with Crippen LogP contribution in [0.1, 0.15) is 34.9 Å².